The summed E-state index contributed by atoms with van der Waals surface area (Å²) in [6, 6.07) is 3.07. The average Bonchev–Trinajstić information content (AvgIpc) is 2.24. The van der Waals surface area contributed by atoms with Crippen LogP contribution in [0.4, 0.5) is 0 Å². The summed E-state index contributed by atoms with van der Waals surface area (Å²) < 4.78 is 34.0. The van der Waals surface area contributed by atoms with Crippen LogP contribution in [0.25, 0.3) is 0 Å². The van der Waals surface area contributed by atoms with Crippen LogP contribution in [0.5, 0.6) is 11.5 Å². The van der Waals surface area contributed by atoms with Crippen molar-refractivity contribution in [2.45, 2.75) is 24.3 Å². The number of hydrogen-bond acceptors (Lipinski definition) is 5. The molecule has 1 rings (SSSR count). The van der Waals surface area contributed by atoms with E-state index in [0.29, 0.717) is 5.75 Å². The zero-order valence-electron chi connectivity index (χ0n) is 11.1. The Balaban J connectivity index is 3.83. The standard InChI is InChI=1S/C12H18O5S/c1-12(2,13)10-8(16-3)6-7-9(17-4)11(10)18(5,14)15/h6-7,13H,1-5H3. The van der Waals surface area contributed by atoms with Gasteiger partial charge in [-0.1, -0.05) is 0 Å². The van der Waals surface area contributed by atoms with E-state index in [9.17, 15) is 13.5 Å². The summed E-state index contributed by atoms with van der Waals surface area (Å²) in [5.74, 6) is 0.499. The fraction of sp³-hybridized carbons (Fsp3) is 0.500. The average molecular weight is 274 g/mol. The second kappa shape index (κ2) is 4.78. The molecule has 0 bridgehead atoms. The normalized spacial score (nSPS) is 12.3. The van der Waals surface area contributed by atoms with E-state index in [1.165, 1.54) is 34.1 Å². The third kappa shape index (κ3) is 2.76. The van der Waals surface area contributed by atoms with Crippen LogP contribution >= 0.6 is 0 Å². The third-order valence-electron chi connectivity index (χ3n) is 2.51. The Morgan fingerprint density at radius 2 is 1.56 bits per heavy atom. The molecule has 1 aromatic carbocycles. The topological polar surface area (TPSA) is 72.8 Å². The zero-order valence-corrected chi connectivity index (χ0v) is 12.0. The molecule has 0 radical (unpaired) electrons. The Morgan fingerprint density at radius 3 is 1.89 bits per heavy atom. The highest BCUT2D eigenvalue weighted by molar-refractivity contribution is 7.90. The van der Waals surface area contributed by atoms with Gasteiger partial charge in [0.25, 0.3) is 0 Å². The molecule has 0 aliphatic rings. The summed E-state index contributed by atoms with van der Waals surface area (Å²) in [6.07, 6.45) is 1.07. The molecule has 0 aliphatic carbocycles. The van der Waals surface area contributed by atoms with Gasteiger partial charge in [-0.05, 0) is 26.0 Å². The van der Waals surface area contributed by atoms with Crippen LogP contribution in [0.2, 0.25) is 0 Å². The molecule has 0 heterocycles. The Morgan fingerprint density at radius 1 is 1.11 bits per heavy atom. The lowest BCUT2D eigenvalue weighted by molar-refractivity contribution is 0.0719. The quantitative estimate of drug-likeness (QED) is 0.897. The lowest BCUT2D eigenvalue weighted by Crippen LogP contribution is -2.21. The smallest absolute Gasteiger partial charge is 0.179 e. The predicted octanol–water partition coefficient (Wildman–Crippen LogP) is 1.33. The van der Waals surface area contributed by atoms with Crippen molar-refractivity contribution in [3.8, 4) is 11.5 Å². The molecule has 0 atom stereocenters. The lowest BCUT2D eigenvalue weighted by Gasteiger charge is -2.24. The van der Waals surface area contributed by atoms with Crippen molar-refractivity contribution < 1.29 is 23.0 Å². The fourth-order valence-corrected chi connectivity index (χ4v) is 3.06. The van der Waals surface area contributed by atoms with Gasteiger partial charge in [0, 0.05) is 11.8 Å². The van der Waals surface area contributed by atoms with Crippen LogP contribution in [-0.2, 0) is 15.4 Å². The molecule has 0 amide bonds. The first-order valence-corrected chi connectivity index (χ1v) is 7.20. The molecule has 0 aromatic heterocycles. The van der Waals surface area contributed by atoms with Gasteiger partial charge < -0.3 is 14.6 Å². The summed E-state index contributed by atoms with van der Waals surface area (Å²) in [5.41, 5.74) is -1.16. The second-order valence-electron chi connectivity index (χ2n) is 4.51. The monoisotopic (exact) mass is 274 g/mol. The van der Waals surface area contributed by atoms with Gasteiger partial charge in [-0.25, -0.2) is 8.42 Å². The molecule has 5 nitrogen and oxygen atoms in total. The summed E-state index contributed by atoms with van der Waals surface area (Å²) in [6.45, 7) is 3.00. The highest BCUT2D eigenvalue weighted by Crippen LogP contribution is 2.40. The van der Waals surface area contributed by atoms with Gasteiger partial charge in [-0.2, -0.15) is 0 Å². The summed E-state index contributed by atoms with van der Waals surface area (Å²) in [4.78, 5) is -0.0446. The van der Waals surface area contributed by atoms with Gasteiger partial charge in [0.1, 0.15) is 16.4 Å². The minimum atomic E-state index is -3.56. The molecule has 0 aliphatic heterocycles. The maximum absolute atomic E-state index is 11.9. The van der Waals surface area contributed by atoms with Crippen LogP contribution in [0.1, 0.15) is 19.4 Å². The summed E-state index contributed by atoms with van der Waals surface area (Å²) in [5, 5.41) is 10.2. The molecule has 0 unspecified atom stereocenters. The van der Waals surface area contributed by atoms with Crippen molar-refractivity contribution in [1.29, 1.82) is 0 Å². The second-order valence-corrected chi connectivity index (χ2v) is 6.46. The minimum absolute atomic E-state index is 0.0446. The van der Waals surface area contributed by atoms with Gasteiger partial charge in [0.15, 0.2) is 9.84 Å². The Hall–Kier alpha value is -1.27. The molecule has 6 heteroatoms. The van der Waals surface area contributed by atoms with Gasteiger partial charge in [-0.3, -0.25) is 0 Å². The van der Waals surface area contributed by atoms with E-state index in [4.69, 9.17) is 9.47 Å². The number of sulfone groups is 1. The molecule has 1 N–H and O–H groups in total. The van der Waals surface area contributed by atoms with E-state index < -0.39 is 15.4 Å². The van der Waals surface area contributed by atoms with Gasteiger partial charge in [-0.15, -0.1) is 0 Å². The van der Waals surface area contributed by atoms with Gasteiger partial charge in [0.05, 0.1) is 19.8 Å². The highest BCUT2D eigenvalue weighted by atomic mass is 32.2. The maximum atomic E-state index is 11.9. The van der Waals surface area contributed by atoms with Gasteiger partial charge in [0.2, 0.25) is 0 Å². The van der Waals surface area contributed by atoms with Crippen LogP contribution in [0.15, 0.2) is 17.0 Å². The number of hydrogen-bond donors (Lipinski definition) is 1. The van der Waals surface area contributed by atoms with E-state index in [-0.39, 0.29) is 16.2 Å². The van der Waals surface area contributed by atoms with Crippen molar-refractivity contribution in [3.05, 3.63) is 17.7 Å². The van der Waals surface area contributed by atoms with Crippen molar-refractivity contribution in [3.63, 3.8) is 0 Å². The van der Waals surface area contributed by atoms with Crippen molar-refractivity contribution in [2.24, 2.45) is 0 Å². The minimum Gasteiger partial charge on any atom is -0.496 e. The summed E-state index contributed by atoms with van der Waals surface area (Å²) in [7, 11) is -0.758. The number of ether oxygens (including phenoxy) is 2. The number of benzene rings is 1. The molecule has 0 spiro atoms. The maximum Gasteiger partial charge on any atom is 0.179 e. The molecule has 0 fully saturated rings. The Labute approximate surface area is 107 Å². The largest absolute Gasteiger partial charge is 0.496 e. The van der Waals surface area contributed by atoms with Crippen LogP contribution in [-0.4, -0.2) is 34.0 Å². The number of rotatable bonds is 4. The van der Waals surface area contributed by atoms with E-state index in [1.54, 1.807) is 6.07 Å². The molecule has 102 valence electrons. The van der Waals surface area contributed by atoms with Crippen molar-refractivity contribution >= 4 is 9.84 Å². The third-order valence-corrected chi connectivity index (χ3v) is 3.65. The first-order valence-electron chi connectivity index (χ1n) is 5.30. The predicted molar refractivity (Wildman–Crippen MR) is 67.9 cm³/mol. The first kappa shape index (κ1) is 14.8. The number of methoxy groups -OCH3 is 2. The molecule has 1 aromatic rings. The van der Waals surface area contributed by atoms with Crippen LogP contribution < -0.4 is 9.47 Å². The number of aliphatic hydroxyl groups is 1. The van der Waals surface area contributed by atoms with E-state index in [1.807, 2.05) is 0 Å². The SMILES string of the molecule is COc1ccc(OC)c(S(C)(=O)=O)c1C(C)(C)O. The Kier molecular flexibility index (Phi) is 3.92. The zero-order chi connectivity index (χ0) is 14.1. The molecular formula is C12H18O5S. The summed E-state index contributed by atoms with van der Waals surface area (Å²) >= 11 is 0. The fourth-order valence-electron chi connectivity index (χ4n) is 1.82. The molecule has 18 heavy (non-hydrogen) atoms. The first-order chi connectivity index (χ1) is 8.12. The van der Waals surface area contributed by atoms with E-state index in [0.717, 1.165) is 6.26 Å². The van der Waals surface area contributed by atoms with Crippen molar-refractivity contribution in [2.75, 3.05) is 20.5 Å². The van der Waals surface area contributed by atoms with Crippen molar-refractivity contribution in [1.82, 2.24) is 0 Å². The lowest BCUT2D eigenvalue weighted by atomic mass is 9.97. The van der Waals surface area contributed by atoms with Crippen LogP contribution in [0.3, 0.4) is 0 Å². The Bertz CT molecular complexity index is 540. The van der Waals surface area contributed by atoms with E-state index >= 15 is 0 Å². The molecule has 0 saturated carbocycles. The molecular weight excluding hydrogens is 256 g/mol. The van der Waals surface area contributed by atoms with Gasteiger partial charge >= 0.3 is 0 Å². The highest BCUT2D eigenvalue weighted by Gasteiger charge is 2.32. The van der Waals surface area contributed by atoms with E-state index in [2.05, 4.69) is 0 Å². The van der Waals surface area contributed by atoms with Crippen LogP contribution in [0, 0.1) is 0 Å². The molecule has 0 saturated heterocycles.